The van der Waals surface area contributed by atoms with E-state index in [-0.39, 0.29) is 0 Å². The van der Waals surface area contributed by atoms with Gasteiger partial charge in [0, 0.05) is 31.4 Å². The minimum absolute atomic E-state index is 0.751. The van der Waals surface area contributed by atoms with Crippen LogP contribution in [-0.4, -0.2) is 61.8 Å². The molecule has 0 aliphatic carbocycles. The van der Waals surface area contributed by atoms with E-state index in [0.29, 0.717) is 0 Å². The zero-order valence-electron chi connectivity index (χ0n) is 12.8. The summed E-state index contributed by atoms with van der Waals surface area (Å²) in [6, 6.07) is 9.03. The number of morpholine rings is 1. The van der Waals surface area contributed by atoms with Gasteiger partial charge in [0.25, 0.3) is 0 Å². The lowest BCUT2D eigenvalue weighted by atomic mass is 10.1. The highest BCUT2D eigenvalue weighted by Gasteiger charge is 2.28. The van der Waals surface area contributed by atoms with E-state index in [9.17, 15) is 0 Å². The van der Waals surface area contributed by atoms with Crippen molar-refractivity contribution in [3.05, 3.63) is 29.8 Å². The molecular weight excluding hydrogens is 262 g/mol. The van der Waals surface area contributed by atoms with E-state index in [2.05, 4.69) is 28.0 Å². The number of ether oxygens (including phenoxy) is 1. The number of aryl methyl sites for hydroxylation is 1. The van der Waals surface area contributed by atoms with Gasteiger partial charge in [-0.15, -0.1) is 0 Å². The second kappa shape index (κ2) is 7.25. The predicted octanol–water partition coefficient (Wildman–Crippen LogP) is 1.61. The van der Waals surface area contributed by atoms with Crippen LogP contribution in [0.15, 0.2) is 24.3 Å². The van der Waals surface area contributed by atoms with Gasteiger partial charge < -0.3 is 15.4 Å². The topological polar surface area (TPSA) is 41.7 Å². The zero-order valence-corrected chi connectivity index (χ0v) is 12.8. The van der Waals surface area contributed by atoms with Crippen molar-refractivity contribution in [3.8, 4) is 0 Å². The molecule has 0 spiro atoms. The van der Waals surface area contributed by atoms with E-state index in [1.54, 1.807) is 0 Å². The smallest absolute Gasteiger partial charge is 0.0594 e. The molecule has 0 bridgehead atoms. The Kier molecular flexibility index (Phi) is 5.12. The van der Waals surface area contributed by atoms with Gasteiger partial charge in [0.05, 0.1) is 13.2 Å². The standard InChI is InChI=1S/C17H27N3O/c18-16-5-1-3-15(13-16)4-2-7-19-8-6-17(14-19)20-9-11-21-12-10-20/h1,3,5,13,17H,2,4,6-12,14,18H2. The first kappa shape index (κ1) is 14.8. The molecule has 4 heteroatoms. The molecule has 0 aromatic heterocycles. The Morgan fingerprint density at radius 3 is 2.86 bits per heavy atom. The SMILES string of the molecule is Nc1cccc(CCCN2CCC(N3CCOCC3)C2)c1. The maximum absolute atomic E-state index is 5.83. The molecule has 2 aliphatic rings. The van der Waals surface area contributed by atoms with Crippen molar-refractivity contribution in [2.24, 2.45) is 0 Å². The Labute approximate surface area is 127 Å². The first-order chi connectivity index (χ1) is 10.3. The predicted molar refractivity (Wildman–Crippen MR) is 86.4 cm³/mol. The summed E-state index contributed by atoms with van der Waals surface area (Å²) in [4.78, 5) is 5.23. The van der Waals surface area contributed by atoms with Gasteiger partial charge in [-0.2, -0.15) is 0 Å². The minimum atomic E-state index is 0.751. The molecule has 4 nitrogen and oxygen atoms in total. The van der Waals surface area contributed by atoms with E-state index in [4.69, 9.17) is 10.5 Å². The molecule has 2 saturated heterocycles. The van der Waals surface area contributed by atoms with Crippen molar-refractivity contribution in [1.82, 2.24) is 9.80 Å². The molecule has 3 rings (SSSR count). The summed E-state index contributed by atoms with van der Waals surface area (Å²) in [6.07, 6.45) is 3.67. The third-order valence-electron chi connectivity index (χ3n) is 4.70. The van der Waals surface area contributed by atoms with Crippen LogP contribution in [0.2, 0.25) is 0 Å². The number of likely N-dealkylation sites (tertiary alicyclic amines) is 1. The monoisotopic (exact) mass is 289 g/mol. The average molecular weight is 289 g/mol. The number of rotatable bonds is 5. The maximum Gasteiger partial charge on any atom is 0.0594 e. The molecule has 0 radical (unpaired) electrons. The summed E-state index contributed by atoms with van der Waals surface area (Å²) in [6.45, 7) is 7.73. The van der Waals surface area contributed by atoms with Crippen molar-refractivity contribution in [1.29, 1.82) is 0 Å². The number of nitrogen functional groups attached to an aromatic ring is 1. The van der Waals surface area contributed by atoms with Gasteiger partial charge in [-0.05, 0) is 50.0 Å². The van der Waals surface area contributed by atoms with E-state index in [0.717, 1.165) is 44.5 Å². The summed E-state index contributed by atoms with van der Waals surface area (Å²) in [7, 11) is 0. The number of nitrogens with two attached hydrogens (primary N) is 1. The fraction of sp³-hybridized carbons (Fsp3) is 0.647. The number of hydrogen-bond donors (Lipinski definition) is 1. The second-order valence-corrected chi connectivity index (χ2v) is 6.24. The minimum Gasteiger partial charge on any atom is -0.399 e. The van der Waals surface area contributed by atoms with Gasteiger partial charge in [-0.25, -0.2) is 0 Å². The van der Waals surface area contributed by atoms with Crippen molar-refractivity contribution in [2.75, 3.05) is 51.7 Å². The van der Waals surface area contributed by atoms with Crippen LogP contribution in [0.1, 0.15) is 18.4 Å². The van der Waals surface area contributed by atoms with Crippen molar-refractivity contribution < 1.29 is 4.74 Å². The van der Waals surface area contributed by atoms with E-state index in [1.807, 2.05) is 6.07 Å². The van der Waals surface area contributed by atoms with Crippen LogP contribution in [-0.2, 0) is 11.2 Å². The summed E-state index contributed by atoms with van der Waals surface area (Å²) in [5.41, 5.74) is 8.06. The van der Waals surface area contributed by atoms with Crippen LogP contribution < -0.4 is 5.73 Å². The molecule has 1 aromatic rings. The zero-order chi connectivity index (χ0) is 14.5. The van der Waals surface area contributed by atoms with Crippen LogP contribution in [0, 0.1) is 0 Å². The van der Waals surface area contributed by atoms with Crippen LogP contribution in [0.5, 0.6) is 0 Å². The summed E-state index contributed by atoms with van der Waals surface area (Å²) in [5.74, 6) is 0. The van der Waals surface area contributed by atoms with E-state index in [1.165, 1.54) is 38.0 Å². The molecular formula is C17H27N3O. The van der Waals surface area contributed by atoms with Crippen LogP contribution in [0.3, 0.4) is 0 Å². The molecule has 0 amide bonds. The van der Waals surface area contributed by atoms with Crippen LogP contribution in [0.4, 0.5) is 5.69 Å². The quantitative estimate of drug-likeness (QED) is 0.836. The van der Waals surface area contributed by atoms with Crippen LogP contribution >= 0.6 is 0 Å². The summed E-state index contributed by atoms with van der Waals surface area (Å²) in [5, 5.41) is 0. The van der Waals surface area contributed by atoms with Crippen LogP contribution in [0.25, 0.3) is 0 Å². The highest BCUT2D eigenvalue weighted by atomic mass is 16.5. The highest BCUT2D eigenvalue weighted by Crippen LogP contribution is 2.17. The average Bonchev–Trinajstić information content (AvgIpc) is 2.97. The molecule has 2 aliphatic heterocycles. The van der Waals surface area contributed by atoms with Gasteiger partial charge in [0.2, 0.25) is 0 Å². The summed E-state index contributed by atoms with van der Waals surface area (Å²) >= 11 is 0. The van der Waals surface area contributed by atoms with Gasteiger partial charge >= 0.3 is 0 Å². The Morgan fingerprint density at radius 1 is 1.19 bits per heavy atom. The molecule has 0 saturated carbocycles. The molecule has 2 fully saturated rings. The van der Waals surface area contributed by atoms with Gasteiger partial charge in [0.1, 0.15) is 0 Å². The Balaban J connectivity index is 1.38. The second-order valence-electron chi connectivity index (χ2n) is 6.24. The third kappa shape index (κ3) is 4.19. The molecule has 1 unspecified atom stereocenters. The number of hydrogen-bond acceptors (Lipinski definition) is 4. The van der Waals surface area contributed by atoms with Gasteiger partial charge in [-0.3, -0.25) is 4.90 Å². The fourth-order valence-corrected chi connectivity index (χ4v) is 3.51. The Hall–Kier alpha value is -1.10. The first-order valence-electron chi connectivity index (χ1n) is 8.20. The lowest BCUT2D eigenvalue weighted by Gasteiger charge is -2.32. The van der Waals surface area contributed by atoms with Crippen molar-refractivity contribution in [2.45, 2.75) is 25.3 Å². The normalized spacial score (nSPS) is 24.5. The largest absolute Gasteiger partial charge is 0.399 e. The first-order valence-corrected chi connectivity index (χ1v) is 8.20. The van der Waals surface area contributed by atoms with Crippen molar-refractivity contribution >= 4 is 5.69 Å². The summed E-state index contributed by atoms with van der Waals surface area (Å²) < 4.78 is 5.44. The molecule has 1 aromatic carbocycles. The van der Waals surface area contributed by atoms with E-state index < -0.39 is 0 Å². The lowest BCUT2D eigenvalue weighted by molar-refractivity contribution is 0.0185. The third-order valence-corrected chi connectivity index (χ3v) is 4.70. The molecule has 2 N–H and O–H groups in total. The van der Waals surface area contributed by atoms with Gasteiger partial charge in [-0.1, -0.05) is 12.1 Å². The fourth-order valence-electron chi connectivity index (χ4n) is 3.51. The van der Waals surface area contributed by atoms with E-state index >= 15 is 0 Å². The van der Waals surface area contributed by atoms with Crippen molar-refractivity contribution in [3.63, 3.8) is 0 Å². The Bertz CT molecular complexity index is 445. The maximum atomic E-state index is 5.83. The number of benzene rings is 1. The Morgan fingerprint density at radius 2 is 2.05 bits per heavy atom. The molecule has 21 heavy (non-hydrogen) atoms. The lowest BCUT2D eigenvalue weighted by Crippen LogP contribution is -2.44. The number of anilines is 1. The number of nitrogens with zero attached hydrogens (tertiary/aromatic N) is 2. The molecule has 1 atom stereocenters. The molecule has 116 valence electrons. The molecule has 2 heterocycles. The highest BCUT2D eigenvalue weighted by molar-refractivity contribution is 5.40. The van der Waals surface area contributed by atoms with Gasteiger partial charge in [0.15, 0.2) is 0 Å².